The summed E-state index contributed by atoms with van der Waals surface area (Å²) < 4.78 is 80.6. The minimum atomic E-state index is -3.56. The Morgan fingerprint density at radius 1 is 0.618 bits per heavy atom. The molecule has 0 aromatic heterocycles. The van der Waals surface area contributed by atoms with Crippen LogP contribution in [0.15, 0.2) is 24.3 Å². The molecule has 0 amide bonds. The zero-order valence-electron chi connectivity index (χ0n) is 30.3. The van der Waals surface area contributed by atoms with Gasteiger partial charge >= 0.3 is 35.8 Å². The van der Waals surface area contributed by atoms with Crippen LogP contribution in [0.4, 0.5) is 0 Å². The number of aliphatic hydroxyl groups is 1. The number of esters is 5. The predicted molar refractivity (Wildman–Crippen MR) is 183 cm³/mol. The highest BCUT2D eigenvalue weighted by Crippen LogP contribution is 2.56. The van der Waals surface area contributed by atoms with E-state index in [9.17, 15) is 50.7 Å². The van der Waals surface area contributed by atoms with Crippen molar-refractivity contribution in [3.8, 4) is 0 Å². The van der Waals surface area contributed by atoms with Crippen molar-refractivity contribution in [2.24, 2.45) is 23.7 Å². The van der Waals surface area contributed by atoms with Crippen LogP contribution in [0.25, 0.3) is 0 Å². The maximum absolute atomic E-state index is 12.0. The molecule has 2 aliphatic heterocycles. The van der Waals surface area contributed by atoms with Crippen LogP contribution in [0.5, 0.6) is 0 Å². The Balaban J connectivity index is 0.000000203. The van der Waals surface area contributed by atoms with E-state index in [-0.39, 0.29) is 92.2 Å². The smallest absolute Gasteiger partial charge is 0.333 e. The molecule has 0 spiro atoms. The molecule has 0 radical (unpaired) electrons. The fourth-order valence-electron chi connectivity index (χ4n) is 7.54. The molecule has 2 saturated heterocycles. The van der Waals surface area contributed by atoms with Gasteiger partial charge in [-0.25, -0.2) is 9.59 Å². The van der Waals surface area contributed by atoms with Gasteiger partial charge in [-0.2, -0.15) is 16.8 Å². The molecule has 21 heteroatoms. The fourth-order valence-corrected chi connectivity index (χ4v) is 11.3. The van der Waals surface area contributed by atoms with E-state index < -0.39 is 85.7 Å². The van der Waals surface area contributed by atoms with E-state index in [2.05, 4.69) is 22.6 Å². The third kappa shape index (κ3) is 11.1. The lowest BCUT2D eigenvalue weighted by Crippen LogP contribution is -2.37. The van der Waals surface area contributed by atoms with Gasteiger partial charge in [0.2, 0.25) is 0 Å². The molecule has 2 heterocycles. The second kappa shape index (κ2) is 18.4. The van der Waals surface area contributed by atoms with Crippen LogP contribution in [0.3, 0.4) is 0 Å². The average Bonchev–Trinajstić information content (AvgIpc) is 3.93. The van der Waals surface area contributed by atoms with Crippen molar-refractivity contribution in [3.05, 3.63) is 24.3 Å². The van der Waals surface area contributed by atoms with Gasteiger partial charge in [-0.3, -0.25) is 27.5 Å². The van der Waals surface area contributed by atoms with E-state index in [0.717, 1.165) is 6.42 Å². The summed E-state index contributed by atoms with van der Waals surface area (Å²) in [6, 6.07) is 0. The predicted octanol–water partition coefficient (Wildman–Crippen LogP) is 0.476. The number of rotatable bonds is 15. The van der Waals surface area contributed by atoms with E-state index >= 15 is 0 Å². The maximum atomic E-state index is 12.0. The zero-order valence-corrected chi connectivity index (χ0v) is 32.0. The quantitative estimate of drug-likeness (QED) is 0.0747. The normalized spacial score (nSPS) is 31.5. The molecule has 4 saturated carbocycles. The standard InChI is InChI=1S/C17H22O9S.C10H14O6.C7H10O4S/c1-9(2)17(20)24-6-5-23-13(18)3-4-14(19)25-15-10-7-11-12(8-10)27(21,22)26-16(11)15;1-7(2)10(14)16-6-5-15-9(13)4-3-8(11)12;8-6-3-1-4-5(2-3)12(9,10)11-7(4)6/h10-12,15-16H,1,3-8H2,2H3;1,3-6H2,2H3,(H,11,12);3-8H,1-2H2. The van der Waals surface area contributed by atoms with Crippen LogP contribution in [0.2, 0.25) is 0 Å². The number of aliphatic carboxylic acids is 1. The highest BCUT2D eigenvalue weighted by atomic mass is 32.2. The minimum Gasteiger partial charge on any atom is -0.481 e. The van der Waals surface area contributed by atoms with Crippen molar-refractivity contribution in [1.82, 2.24) is 0 Å². The number of carbonyl (C=O) groups excluding carboxylic acids is 5. The van der Waals surface area contributed by atoms with Crippen LogP contribution in [0, 0.1) is 23.7 Å². The van der Waals surface area contributed by atoms with Crippen molar-refractivity contribution in [1.29, 1.82) is 0 Å². The van der Waals surface area contributed by atoms with Gasteiger partial charge in [-0.15, -0.1) is 0 Å². The van der Waals surface area contributed by atoms with Gasteiger partial charge in [0, 0.05) is 28.9 Å². The SMILES string of the molecule is C=C(C)C(=O)OCCOC(=O)CCC(=O)O.C=C(C)C(=O)OCCOC(=O)CCC(=O)OC1C2CC3C1OS(=O)(=O)C3C2.O=S1(=O)OC2C(O)C3CC2C1C3. The second-order valence-electron chi connectivity index (χ2n) is 14.1. The number of aliphatic hydroxyl groups excluding tert-OH is 1. The van der Waals surface area contributed by atoms with Crippen LogP contribution >= 0.6 is 0 Å². The Morgan fingerprint density at radius 2 is 1.04 bits per heavy atom. The number of carbonyl (C=O) groups is 6. The number of fused-ring (bicyclic) bond motifs is 2. The second-order valence-corrected chi connectivity index (χ2v) is 17.7. The first-order chi connectivity index (χ1) is 25.7. The largest absolute Gasteiger partial charge is 0.481 e. The highest BCUT2D eigenvalue weighted by molar-refractivity contribution is 7.88. The number of hydrogen-bond acceptors (Lipinski definition) is 18. The topological polar surface area (TPSA) is 276 Å². The summed E-state index contributed by atoms with van der Waals surface area (Å²) in [5.41, 5.74) is 0.507. The Kier molecular flexibility index (Phi) is 14.6. The first-order valence-corrected chi connectivity index (χ1v) is 20.6. The first kappa shape index (κ1) is 43.8. The van der Waals surface area contributed by atoms with Crippen molar-refractivity contribution < 1.29 is 87.9 Å². The minimum absolute atomic E-state index is 0.0128. The average molecular weight is 823 g/mol. The fraction of sp³-hybridized carbons (Fsp3) is 0.706. The number of carboxylic acid groups (broad SMARTS) is 1. The lowest BCUT2D eigenvalue weighted by Gasteiger charge is -2.24. The molecule has 6 aliphatic rings. The summed E-state index contributed by atoms with van der Waals surface area (Å²) in [6.07, 6.45) is -0.395. The summed E-state index contributed by atoms with van der Waals surface area (Å²) in [5, 5.41) is 17.0. The summed E-state index contributed by atoms with van der Waals surface area (Å²) in [4.78, 5) is 66.6. The molecule has 2 N–H and O–H groups in total. The van der Waals surface area contributed by atoms with Crippen LogP contribution in [-0.2, 0) is 81.1 Å². The summed E-state index contributed by atoms with van der Waals surface area (Å²) in [7, 11) is -6.88. The Hall–Kier alpha value is -3.92. The molecule has 55 heavy (non-hydrogen) atoms. The van der Waals surface area contributed by atoms with E-state index in [0.29, 0.717) is 19.3 Å². The lowest BCUT2D eigenvalue weighted by molar-refractivity contribution is -0.159. The van der Waals surface area contributed by atoms with Gasteiger partial charge in [0.1, 0.15) is 44.7 Å². The van der Waals surface area contributed by atoms with Gasteiger partial charge in [0.15, 0.2) is 0 Å². The number of carboxylic acids is 1. The van der Waals surface area contributed by atoms with Crippen molar-refractivity contribution >= 4 is 56.1 Å². The molecule has 4 bridgehead atoms. The van der Waals surface area contributed by atoms with E-state index in [4.69, 9.17) is 27.7 Å². The molecule has 10 atom stereocenters. The van der Waals surface area contributed by atoms with E-state index in [1.165, 1.54) is 13.8 Å². The molecule has 6 fully saturated rings. The molecule has 0 aromatic rings. The lowest BCUT2D eigenvalue weighted by atomic mass is 9.94. The molecule has 6 rings (SSSR count). The van der Waals surface area contributed by atoms with Crippen molar-refractivity contribution in [2.75, 3.05) is 26.4 Å². The molecule has 10 unspecified atom stereocenters. The third-order valence-corrected chi connectivity index (χ3v) is 13.6. The Bertz CT molecular complexity index is 1750. The van der Waals surface area contributed by atoms with Crippen LogP contribution in [-0.4, -0.2) is 124 Å². The van der Waals surface area contributed by atoms with E-state index in [1.54, 1.807) is 0 Å². The number of ether oxygens (including phenoxy) is 5. The third-order valence-electron chi connectivity index (χ3n) is 10.1. The Labute approximate surface area is 317 Å². The monoisotopic (exact) mass is 822 g/mol. The molecular weight excluding hydrogens is 776 g/mol. The van der Waals surface area contributed by atoms with Crippen LogP contribution in [0.1, 0.15) is 65.2 Å². The molecule has 19 nitrogen and oxygen atoms in total. The summed E-state index contributed by atoms with van der Waals surface area (Å²) in [6.45, 7) is 9.43. The first-order valence-electron chi connectivity index (χ1n) is 17.6. The summed E-state index contributed by atoms with van der Waals surface area (Å²) in [5.74, 6) is -3.91. The van der Waals surface area contributed by atoms with Gasteiger partial charge < -0.3 is 33.9 Å². The number of hydrogen-bond donors (Lipinski definition) is 2. The summed E-state index contributed by atoms with van der Waals surface area (Å²) >= 11 is 0. The molecular formula is C34H46O19S2. The van der Waals surface area contributed by atoms with Gasteiger partial charge in [-0.1, -0.05) is 13.2 Å². The molecule has 308 valence electrons. The van der Waals surface area contributed by atoms with Gasteiger partial charge in [-0.05, 0) is 45.4 Å². The van der Waals surface area contributed by atoms with Crippen molar-refractivity contribution in [2.45, 2.75) is 100 Å². The maximum Gasteiger partial charge on any atom is 0.333 e. The Morgan fingerprint density at radius 3 is 1.51 bits per heavy atom. The van der Waals surface area contributed by atoms with E-state index in [1.807, 2.05) is 0 Å². The highest BCUT2D eigenvalue weighted by Gasteiger charge is 2.65. The molecule has 4 aliphatic carbocycles. The zero-order chi connectivity index (χ0) is 40.8. The van der Waals surface area contributed by atoms with Crippen molar-refractivity contribution in [3.63, 3.8) is 0 Å². The van der Waals surface area contributed by atoms with Gasteiger partial charge in [0.25, 0.3) is 20.2 Å². The van der Waals surface area contributed by atoms with Gasteiger partial charge in [0.05, 0.1) is 42.3 Å². The molecule has 0 aromatic carbocycles. The van der Waals surface area contributed by atoms with Crippen LogP contribution < -0.4 is 0 Å².